The summed E-state index contributed by atoms with van der Waals surface area (Å²) in [4.78, 5) is 64.0. The SMILES string of the molecule is O=C(O)c1cc(Cn2c(O)c3c(c2-c2ccccc2)C(=O)N=C3c2cc(C(=O)O)cc(C(=O)O)c2)cc(C(=O)O)c1. The zero-order chi connectivity index (χ0) is 29.6. The minimum absolute atomic E-state index is 0.0394. The second-order valence-electron chi connectivity index (χ2n) is 9.08. The van der Waals surface area contributed by atoms with E-state index in [0.29, 0.717) is 5.56 Å². The molecule has 0 spiro atoms. The minimum Gasteiger partial charge on any atom is -0.494 e. The highest BCUT2D eigenvalue weighted by Crippen LogP contribution is 2.41. The highest BCUT2D eigenvalue weighted by Gasteiger charge is 2.37. The summed E-state index contributed by atoms with van der Waals surface area (Å²) >= 11 is 0. The van der Waals surface area contributed by atoms with E-state index in [0.717, 1.165) is 24.3 Å². The first-order chi connectivity index (χ1) is 19.5. The van der Waals surface area contributed by atoms with E-state index < -0.39 is 35.7 Å². The summed E-state index contributed by atoms with van der Waals surface area (Å²) in [7, 11) is 0. The molecular weight excluding hydrogens is 536 g/mol. The van der Waals surface area contributed by atoms with E-state index in [1.54, 1.807) is 30.3 Å². The first-order valence-corrected chi connectivity index (χ1v) is 11.8. The van der Waals surface area contributed by atoms with E-state index >= 15 is 0 Å². The van der Waals surface area contributed by atoms with Gasteiger partial charge >= 0.3 is 23.9 Å². The second kappa shape index (κ2) is 9.93. The van der Waals surface area contributed by atoms with Gasteiger partial charge in [-0.2, -0.15) is 0 Å². The van der Waals surface area contributed by atoms with E-state index in [1.807, 2.05) is 0 Å². The van der Waals surface area contributed by atoms with Crippen molar-refractivity contribution >= 4 is 35.5 Å². The van der Waals surface area contributed by atoms with Gasteiger partial charge in [0.1, 0.15) is 0 Å². The van der Waals surface area contributed by atoms with Crippen LogP contribution in [-0.4, -0.2) is 65.6 Å². The summed E-state index contributed by atoms with van der Waals surface area (Å²) in [6.45, 7) is -0.263. The number of benzene rings is 3. The van der Waals surface area contributed by atoms with Gasteiger partial charge in [-0.3, -0.25) is 4.79 Å². The largest absolute Gasteiger partial charge is 0.494 e. The topological polar surface area (TPSA) is 204 Å². The first kappa shape index (κ1) is 26.6. The van der Waals surface area contributed by atoms with Gasteiger partial charge in [0.2, 0.25) is 5.88 Å². The Bertz CT molecular complexity index is 1790. The number of carboxylic acids is 4. The van der Waals surface area contributed by atoms with Crippen LogP contribution in [0.3, 0.4) is 0 Å². The van der Waals surface area contributed by atoms with Gasteiger partial charge in [-0.15, -0.1) is 0 Å². The Morgan fingerprint density at radius 3 is 1.63 bits per heavy atom. The third-order valence-electron chi connectivity index (χ3n) is 6.47. The monoisotopic (exact) mass is 554 g/mol. The predicted octanol–water partition coefficient (Wildman–Crippen LogP) is 3.69. The van der Waals surface area contributed by atoms with Gasteiger partial charge in [0.25, 0.3) is 5.91 Å². The Morgan fingerprint density at radius 1 is 0.659 bits per heavy atom. The Labute approximate surface area is 229 Å². The van der Waals surface area contributed by atoms with Gasteiger partial charge in [0, 0.05) is 5.56 Å². The molecule has 0 saturated heterocycles. The lowest BCUT2D eigenvalue weighted by Gasteiger charge is -2.14. The number of nitrogens with zero attached hydrogens (tertiary/aromatic N) is 2. The first-order valence-electron chi connectivity index (χ1n) is 11.8. The zero-order valence-electron chi connectivity index (χ0n) is 20.7. The molecule has 1 amide bonds. The number of aromatic nitrogens is 1. The van der Waals surface area contributed by atoms with E-state index in [1.165, 1.54) is 16.7 Å². The van der Waals surface area contributed by atoms with Crippen molar-refractivity contribution in [1.29, 1.82) is 0 Å². The molecule has 2 heterocycles. The number of hydrogen-bond donors (Lipinski definition) is 5. The average Bonchev–Trinajstić information content (AvgIpc) is 3.43. The van der Waals surface area contributed by atoms with Crippen molar-refractivity contribution in [2.75, 3.05) is 0 Å². The fourth-order valence-corrected chi connectivity index (χ4v) is 4.73. The number of hydrogen-bond acceptors (Lipinski definition) is 6. The van der Waals surface area contributed by atoms with E-state index in [-0.39, 0.29) is 62.5 Å². The minimum atomic E-state index is -1.42. The molecule has 0 saturated carbocycles. The van der Waals surface area contributed by atoms with Crippen LogP contribution in [0.15, 0.2) is 71.7 Å². The fourth-order valence-electron chi connectivity index (χ4n) is 4.73. The predicted molar refractivity (Wildman–Crippen MR) is 141 cm³/mol. The Balaban J connectivity index is 1.75. The summed E-state index contributed by atoms with van der Waals surface area (Å²) < 4.78 is 1.29. The van der Waals surface area contributed by atoms with E-state index in [4.69, 9.17) is 0 Å². The van der Waals surface area contributed by atoms with Gasteiger partial charge in [-0.05, 0) is 47.5 Å². The molecule has 204 valence electrons. The number of fused-ring (bicyclic) bond motifs is 1. The third-order valence-corrected chi connectivity index (χ3v) is 6.47. The lowest BCUT2D eigenvalue weighted by molar-refractivity contribution is 0.0676. The molecule has 0 unspecified atom stereocenters. The molecule has 4 aromatic rings. The molecule has 5 rings (SSSR count). The van der Waals surface area contributed by atoms with Crippen LogP contribution in [0.4, 0.5) is 0 Å². The number of carbonyl (C=O) groups is 5. The second-order valence-corrected chi connectivity index (χ2v) is 9.08. The van der Waals surface area contributed by atoms with Crippen molar-refractivity contribution < 1.29 is 49.5 Å². The van der Waals surface area contributed by atoms with E-state index in [2.05, 4.69) is 4.99 Å². The zero-order valence-corrected chi connectivity index (χ0v) is 20.7. The molecule has 0 atom stereocenters. The number of aliphatic imine (C=N–C) groups is 1. The van der Waals surface area contributed by atoms with Crippen molar-refractivity contribution in [3.05, 3.63) is 111 Å². The average molecular weight is 554 g/mol. The van der Waals surface area contributed by atoms with Crippen LogP contribution in [0, 0.1) is 0 Å². The maximum atomic E-state index is 13.3. The Hall–Kier alpha value is -6.04. The molecule has 0 fully saturated rings. The lowest BCUT2D eigenvalue weighted by Crippen LogP contribution is -2.10. The molecule has 41 heavy (non-hydrogen) atoms. The summed E-state index contributed by atoms with van der Waals surface area (Å²) in [5.74, 6) is -6.86. The number of aromatic hydroxyl groups is 1. The molecule has 0 bridgehead atoms. The van der Waals surface area contributed by atoms with Gasteiger partial charge in [-0.1, -0.05) is 30.3 Å². The van der Waals surface area contributed by atoms with Gasteiger partial charge < -0.3 is 30.1 Å². The molecule has 1 aromatic heterocycles. The molecule has 3 aromatic carbocycles. The number of aromatic carboxylic acids is 4. The van der Waals surface area contributed by atoms with Crippen molar-refractivity contribution in [3.8, 4) is 17.1 Å². The summed E-state index contributed by atoms with van der Waals surface area (Å²) in [5, 5.41) is 49.5. The van der Waals surface area contributed by atoms with Crippen LogP contribution in [0.2, 0.25) is 0 Å². The van der Waals surface area contributed by atoms with Gasteiger partial charge in [0.15, 0.2) is 0 Å². The fraction of sp³-hybridized carbons (Fsp3) is 0.0345. The van der Waals surface area contributed by atoms with Crippen LogP contribution >= 0.6 is 0 Å². The number of carboxylic acid groups (broad SMARTS) is 4. The van der Waals surface area contributed by atoms with Crippen molar-refractivity contribution in [1.82, 2.24) is 4.57 Å². The van der Waals surface area contributed by atoms with Crippen LogP contribution in [0.1, 0.15) is 68.5 Å². The Morgan fingerprint density at radius 2 is 1.15 bits per heavy atom. The highest BCUT2D eigenvalue weighted by atomic mass is 16.4. The van der Waals surface area contributed by atoms with Crippen molar-refractivity contribution in [2.24, 2.45) is 4.99 Å². The van der Waals surface area contributed by atoms with Gasteiger partial charge in [0.05, 0.1) is 51.3 Å². The van der Waals surface area contributed by atoms with Crippen molar-refractivity contribution in [3.63, 3.8) is 0 Å². The molecule has 12 heteroatoms. The van der Waals surface area contributed by atoms with Crippen LogP contribution in [0.25, 0.3) is 11.3 Å². The Kier molecular flexibility index (Phi) is 6.43. The van der Waals surface area contributed by atoms with Crippen LogP contribution in [-0.2, 0) is 6.54 Å². The highest BCUT2D eigenvalue weighted by molar-refractivity contribution is 6.31. The molecule has 1 aliphatic rings. The summed E-state index contributed by atoms with van der Waals surface area (Å²) in [5.41, 5.74) is -0.841. The third kappa shape index (κ3) is 4.69. The van der Waals surface area contributed by atoms with E-state index in [9.17, 15) is 49.5 Å². The van der Waals surface area contributed by atoms with Crippen molar-refractivity contribution in [2.45, 2.75) is 6.54 Å². The molecular formula is C29H18N2O10. The van der Waals surface area contributed by atoms with Gasteiger partial charge in [-0.25, -0.2) is 24.2 Å². The number of amides is 1. The molecule has 5 N–H and O–H groups in total. The normalized spacial score (nSPS) is 12.1. The molecule has 12 nitrogen and oxygen atoms in total. The maximum Gasteiger partial charge on any atom is 0.335 e. The lowest BCUT2D eigenvalue weighted by atomic mass is 9.97. The summed E-state index contributed by atoms with van der Waals surface area (Å²) in [6, 6.07) is 15.1. The molecule has 0 radical (unpaired) electrons. The number of carbonyl (C=O) groups excluding carboxylic acids is 1. The van der Waals surface area contributed by atoms with Crippen LogP contribution < -0.4 is 0 Å². The quantitative estimate of drug-likeness (QED) is 0.214. The smallest absolute Gasteiger partial charge is 0.335 e. The van der Waals surface area contributed by atoms with Crippen LogP contribution in [0.5, 0.6) is 5.88 Å². The molecule has 1 aliphatic heterocycles. The number of rotatable bonds is 8. The standard InChI is InChI=1S/C29H18N2O10/c32-24-21-20(22(30-24)15-8-18(28(38)39)11-19(9-15)29(40)41)25(33)31(23(21)14-4-2-1-3-5-14)12-13-6-16(26(34)35)10-17(7-13)27(36)37/h1-11,33H,12H2,(H,34,35)(H,36,37)(H,38,39)(H,40,41). The molecule has 0 aliphatic carbocycles. The maximum absolute atomic E-state index is 13.3. The summed E-state index contributed by atoms with van der Waals surface area (Å²) in [6.07, 6.45) is 0.